The van der Waals surface area contributed by atoms with Gasteiger partial charge < -0.3 is 5.32 Å². The fourth-order valence-electron chi connectivity index (χ4n) is 2.52. The standard InChI is InChI=1S/C16H19N5/c1-11(2)14(12-7-5-4-6-8-12)20-15-13-9-19-21(3)16(13)18-10-17-15/h4-11,14H,1-3H3,(H,17,18,20)/t14-/m1/s1. The Kier molecular flexibility index (Phi) is 3.56. The highest BCUT2D eigenvalue weighted by Crippen LogP contribution is 2.28. The van der Waals surface area contributed by atoms with Gasteiger partial charge in [0.1, 0.15) is 12.1 Å². The number of hydrogen-bond acceptors (Lipinski definition) is 4. The van der Waals surface area contributed by atoms with Crippen molar-refractivity contribution >= 4 is 16.9 Å². The van der Waals surface area contributed by atoms with Crippen molar-refractivity contribution in [3.63, 3.8) is 0 Å². The van der Waals surface area contributed by atoms with Crippen LogP contribution in [0.5, 0.6) is 0 Å². The van der Waals surface area contributed by atoms with E-state index >= 15 is 0 Å². The molecule has 0 aliphatic heterocycles. The zero-order valence-electron chi connectivity index (χ0n) is 12.5. The third-order valence-electron chi connectivity index (χ3n) is 3.65. The summed E-state index contributed by atoms with van der Waals surface area (Å²) >= 11 is 0. The maximum atomic E-state index is 4.39. The van der Waals surface area contributed by atoms with Gasteiger partial charge in [-0.15, -0.1) is 0 Å². The first-order valence-corrected chi connectivity index (χ1v) is 7.11. The minimum atomic E-state index is 0.199. The normalized spacial score (nSPS) is 12.8. The van der Waals surface area contributed by atoms with E-state index in [1.54, 1.807) is 17.2 Å². The van der Waals surface area contributed by atoms with E-state index in [2.05, 4.69) is 58.5 Å². The average Bonchev–Trinajstić information content (AvgIpc) is 2.88. The first-order valence-electron chi connectivity index (χ1n) is 7.11. The van der Waals surface area contributed by atoms with Gasteiger partial charge in [0.15, 0.2) is 5.65 Å². The summed E-state index contributed by atoms with van der Waals surface area (Å²) in [6, 6.07) is 10.6. The van der Waals surface area contributed by atoms with Crippen LogP contribution in [-0.2, 0) is 7.05 Å². The summed E-state index contributed by atoms with van der Waals surface area (Å²) in [5.74, 6) is 1.27. The Morgan fingerprint density at radius 2 is 1.86 bits per heavy atom. The number of nitrogens with one attached hydrogen (secondary N) is 1. The number of fused-ring (bicyclic) bond motifs is 1. The summed E-state index contributed by atoms with van der Waals surface area (Å²) in [5, 5.41) is 8.75. The molecule has 3 aromatic rings. The van der Waals surface area contributed by atoms with Crippen LogP contribution in [0.25, 0.3) is 11.0 Å². The van der Waals surface area contributed by atoms with Crippen molar-refractivity contribution in [2.24, 2.45) is 13.0 Å². The summed E-state index contributed by atoms with van der Waals surface area (Å²) < 4.78 is 1.76. The first kappa shape index (κ1) is 13.5. The number of aromatic nitrogens is 4. The lowest BCUT2D eigenvalue weighted by molar-refractivity contribution is 0.545. The van der Waals surface area contributed by atoms with Crippen molar-refractivity contribution in [1.29, 1.82) is 0 Å². The second kappa shape index (κ2) is 5.52. The van der Waals surface area contributed by atoms with Crippen LogP contribution in [0, 0.1) is 5.92 Å². The quantitative estimate of drug-likeness (QED) is 0.798. The molecule has 108 valence electrons. The monoisotopic (exact) mass is 281 g/mol. The van der Waals surface area contributed by atoms with E-state index in [4.69, 9.17) is 0 Å². The molecule has 0 spiro atoms. The highest BCUT2D eigenvalue weighted by molar-refractivity contribution is 5.86. The van der Waals surface area contributed by atoms with Gasteiger partial charge in [-0.3, -0.25) is 4.68 Å². The summed E-state index contributed by atoms with van der Waals surface area (Å²) in [6.07, 6.45) is 3.38. The molecule has 0 unspecified atom stereocenters. The minimum Gasteiger partial charge on any atom is -0.362 e. The molecule has 2 aromatic heterocycles. The van der Waals surface area contributed by atoms with Crippen LogP contribution in [0.1, 0.15) is 25.5 Å². The molecule has 3 rings (SSSR count). The highest BCUT2D eigenvalue weighted by atomic mass is 15.3. The van der Waals surface area contributed by atoms with Crippen LogP contribution >= 0.6 is 0 Å². The van der Waals surface area contributed by atoms with Gasteiger partial charge >= 0.3 is 0 Å². The van der Waals surface area contributed by atoms with E-state index in [9.17, 15) is 0 Å². The number of benzene rings is 1. The fourth-order valence-corrected chi connectivity index (χ4v) is 2.52. The molecule has 0 saturated heterocycles. The molecular formula is C16H19N5. The Labute approximate surface area is 124 Å². The maximum Gasteiger partial charge on any atom is 0.163 e. The van der Waals surface area contributed by atoms with Gasteiger partial charge in [0.05, 0.1) is 17.6 Å². The molecule has 2 heterocycles. The van der Waals surface area contributed by atoms with Gasteiger partial charge in [-0.2, -0.15) is 5.10 Å². The summed E-state index contributed by atoms with van der Waals surface area (Å²) in [7, 11) is 1.89. The number of anilines is 1. The van der Waals surface area contributed by atoms with Crippen LogP contribution in [0.15, 0.2) is 42.9 Å². The van der Waals surface area contributed by atoms with Crippen molar-refractivity contribution in [3.05, 3.63) is 48.4 Å². The fraction of sp³-hybridized carbons (Fsp3) is 0.312. The average molecular weight is 281 g/mol. The lowest BCUT2D eigenvalue weighted by atomic mass is 9.96. The second-order valence-corrected chi connectivity index (χ2v) is 5.50. The van der Waals surface area contributed by atoms with Crippen molar-refractivity contribution in [2.75, 3.05) is 5.32 Å². The summed E-state index contributed by atoms with van der Waals surface area (Å²) in [6.45, 7) is 4.40. The van der Waals surface area contributed by atoms with Gasteiger partial charge in [0.2, 0.25) is 0 Å². The Hall–Kier alpha value is -2.43. The Bertz CT molecular complexity index is 733. The third-order valence-corrected chi connectivity index (χ3v) is 3.65. The first-order chi connectivity index (χ1) is 10.2. The van der Waals surface area contributed by atoms with Crippen LogP contribution in [0.4, 0.5) is 5.82 Å². The molecule has 1 aromatic carbocycles. The van der Waals surface area contributed by atoms with Crippen molar-refractivity contribution in [2.45, 2.75) is 19.9 Å². The lowest BCUT2D eigenvalue weighted by Gasteiger charge is -2.23. The van der Waals surface area contributed by atoms with Crippen molar-refractivity contribution in [1.82, 2.24) is 19.7 Å². The number of aryl methyl sites for hydroxylation is 1. The Morgan fingerprint density at radius 3 is 2.57 bits per heavy atom. The van der Waals surface area contributed by atoms with E-state index in [1.165, 1.54) is 5.56 Å². The second-order valence-electron chi connectivity index (χ2n) is 5.50. The number of rotatable bonds is 4. The molecule has 1 N–H and O–H groups in total. The predicted molar refractivity (Wildman–Crippen MR) is 83.9 cm³/mol. The van der Waals surface area contributed by atoms with Gasteiger partial charge in [-0.1, -0.05) is 44.2 Å². The van der Waals surface area contributed by atoms with E-state index in [0.717, 1.165) is 16.9 Å². The maximum absolute atomic E-state index is 4.39. The molecular weight excluding hydrogens is 262 g/mol. The number of nitrogens with zero attached hydrogens (tertiary/aromatic N) is 4. The number of hydrogen-bond donors (Lipinski definition) is 1. The molecule has 5 nitrogen and oxygen atoms in total. The molecule has 0 aliphatic carbocycles. The molecule has 0 fully saturated rings. The highest BCUT2D eigenvalue weighted by Gasteiger charge is 2.18. The van der Waals surface area contributed by atoms with Crippen LogP contribution in [0.3, 0.4) is 0 Å². The smallest absolute Gasteiger partial charge is 0.163 e. The third kappa shape index (κ3) is 2.59. The van der Waals surface area contributed by atoms with E-state index in [1.807, 2.05) is 13.1 Å². The summed E-state index contributed by atoms with van der Waals surface area (Å²) in [5.41, 5.74) is 2.09. The molecule has 0 radical (unpaired) electrons. The largest absolute Gasteiger partial charge is 0.362 e. The summed E-state index contributed by atoms with van der Waals surface area (Å²) in [4.78, 5) is 8.67. The van der Waals surface area contributed by atoms with Gasteiger partial charge in [0.25, 0.3) is 0 Å². The predicted octanol–water partition coefficient (Wildman–Crippen LogP) is 3.17. The van der Waals surface area contributed by atoms with E-state index in [-0.39, 0.29) is 6.04 Å². The van der Waals surface area contributed by atoms with Gasteiger partial charge in [0, 0.05) is 7.05 Å². The van der Waals surface area contributed by atoms with Crippen LogP contribution in [0.2, 0.25) is 0 Å². The molecule has 0 aliphatic rings. The Morgan fingerprint density at radius 1 is 1.10 bits per heavy atom. The lowest BCUT2D eigenvalue weighted by Crippen LogP contribution is -2.17. The van der Waals surface area contributed by atoms with E-state index < -0.39 is 0 Å². The molecule has 5 heteroatoms. The van der Waals surface area contributed by atoms with E-state index in [0.29, 0.717) is 5.92 Å². The van der Waals surface area contributed by atoms with Crippen LogP contribution < -0.4 is 5.32 Å². The molecule has 0 amide bonds. The van der Waals surface area contributed by atoms with Gasteiger partial charge in [-0.25, -0.2) is 9.97 Å². The molecule has 1 atom stereocenters. The van der Waals surface area contributed by atoms with Crippen molar-refractivity contribution < 1.29 is 0 Å². The molecule has 0 saturated carbocycles. The Balaban J connectivity index is 1.99. The zero-order valence-corrected chi connectivity index (χ0v) is 12.5. The van der Waals surface area contributed by atoms with Gasteiger partial charge in [-0.05, 0) is 11.5 Å². The zero-order chi connectivity index (χ0) is 14.8. The minimum absolute atomic E-state index is 0.199. The van der Waals surface area contributed by atoms with Crippen LogP contribution in [-0.4, -0.2) is 19.7 Å². The topological polar surface area (TPSA) is 55.6 Å². The van der Waals surface area contributed by atoms with Crippen molar-refractivity contribution in [3.8, 4) is 0 Å². The molecule has 0 bridgehead atoms. The molecule has 21 heavy (non-hydrogen) atoms. The SMILES string of the molecule is CC(C)[C@@H](Nc1ncnc2c1cnn2C)c1ccccc1.